The van der Waals surface area contributed by atoms with E-state index in [1.54, 1.807) is 17.1 Å². The molecule has 20 heavy (non-hydrogen) atoms. The van der Waals surface area contributed by atoms with Crippen molar-refractivity contribution in [2.75, 3.05) is 11.9 Å². The second-order valence-corrected chi connectivity index (χ2v) is 5.05. The van der Waals surface area contributed by atoms with Crippen molar-refractivity contribution in [3.05, 3.63) is 40.6 Å². The number of aromatic nitrogens is 3. The Labute approximate surface area is 122 Å². The van der Waals surface area contributed by atoms with Gasteiger partial charge in [0.05, 0.1) is 11.8 Å². The van der Waals surface area contributed by atoms with Gasteiger partial charge in [-0.3, -0.25) is 4.68 Å². The monoisotopic (exact) mass is 348 g/mol. The minimum atomic E-state index is -4.37. The summed E-state index contributed by atoms with van der Waals surface area (Å²) in [6.07, 6.45) is -0.453. The molecule has 0 fully saturated rings. The van der Waals surface area contributed by atoms with Crippen LogP contribution in [0.3, 0.4) is 0 Å². The number of rotatable bonds is 5. The van der Waals surface area contributed by atoms with Crippen LogP contribution in [-0.4, -0.2) is 21.5 Å². The van der Waals surface area contributed by atoms with Gasteiger partial charge in [-0.15, -0.1) is 5.10 Å². The maximum Gasteiger partial charge on any atom is 0.418 e. The minimum absolute atomic E-state index is 0.0745. The normalized spacial score (nSPS) is 11.6. The number of anilines is 1. The van der Waals surface area contributed by atoms with Crippen LogP contribution in [-0.2, 0) is 12.7 Å². The number of hydrogen-bond donors (Lipinski definition) is 1. The number of benzene rings is 1. The third kappa shape index (κ3) is 3.96. The summed E-state index contributed by atoms with van der Waals surface area (Å²) in [5, 5.41) is 10.2. The molecule has 1 heterocycles. The number of nitrogens with one attached hydrogen (secondary N) is 1. The molecule has 0 unspecified atom stereocenters. The maximum atomic E-state index is 12.8. The Morgan fingerprint density at radius 1 is 1.30 bits per heavy atom. The number of hydrogen-bond acceptors (Lipinski definition) is 3. The Kier molecular flexibility index (Phi) is 4.64. The fourth-order valence-electron chi connectivity index (χ4n) is 1.73. The van der Waals surface area contributed by atoms with E-state index in [1.807, 2.05) is 0 Å². The SMILES string of the molecule is FC(F)(F)c1ccc(Br)cc1NCCCn1ccnn1. The van der Waals surface area contributed by atoms with E-state index in [4.69, 9.17) is 0 Å². The zero-order chi connectivity index (χ0) is 14.6. The standard InChI is InChI=1S/C12H12BrF3N4/c13-9-2-3-10(12(14,15)16)11(8-9)17-4-1-6-20-7-5-18-19-20/h2-3,5,7-8,17H,1,4,6H2. The van der Waals surface area contributed by atoms with Crippen LogP contribution in [0, 0.1) is 0 Å². The number of nitrogens with zero attached hydrogens (tertiary/aromatic N) is 3. The summed E-state index contributed by atoms with van der Waals surface area (Å²) in [4.78, 5) is 0. The van der Waals surface area contributed by atoms with Gasteiger partial charge in [-0.25, -0.2) is 0 Å². The van der Waals surface area contributed by atoms with Crippen molar-refractivity contribution in [2.45, 2.75) is 19.1 Å². The highest BCUT2D eigenvalue weighted by atomic mass is 79.9. The molecule has 2 rings (SSSR count). The van der Waals surface area contributed by atoms with Gasteiger partial charge in [0.1, 0.15) is 0 Å². The fourth-order valence-corrected chi connectivity index (χ4v) is 2.09. The van der Waals surface area contributed by atoms with Gasteiger partial charge in [-0.2, -0.15) is 13.2 Å². The van der Waals surface area contributed by atoms with Crippen molar-refractivity contribution in [1.82, 2.24) is 15.0 Å². The fraction of sp³-hybridized carbons (Fsp3) is 0.333. The molecular weight excluding hydrogens is 337 g/mol. The lowest BCUT2D eigenvalue weighted by Crippen LogP contribution is -2.13. The molecule has 0 bridgehead atoms. The van der Waals surface area contributed by atoms with Crippen LogP contribution in [0.2, 0.25) is 0 Å². The molecule has 0 amide bonds. The summed E-state index contributed by atoms with van der Waals surface area (Å²) in [5.41, 5.74) is -0.591. The van der Waals surface area contributed by atoms with E-state index in [9.17, 15) is 13.2 Å². The van der Waals surface area contributed by atoms with E-state index in [-0.39, 0.29) is 5.69 Å². The largest absolute Gasteiger partial charge is 0.418 e. The second kappa shape index (κ2) is 6.25. The summed E-state index contributed by atoms with van der Waals surface area (Å²) in [5.74, 6) is 0. The molecule has 1 aromatic heterocycles. The van der Waals surface area contributed by atoms with E-state index in [1.165, 1.54) is 12.1 Å². The first kappa shape index (κ1) is 14.8. The van der Waals surface area contributed by atoms with Crippen LogP contribution in [0.1, 0.15) is 12.0 Å². The summed E-state index contributed by atoms with van der Waals surface area (Å²) >= 11 is 3.17. The Bertz CT molecular complexity index is 554. The lowest BCUT2D eigenvalue weighted by molar-refractivity contribution is -0.137. The average Bonchev–Trinajstić information content (AvgIpc) is 2.86. The van der Waals surface area contributed by atoms with Gasteiger partial charge in [-0.05, 0) is 24.6 Å². The first-order valence-corrected chi connectivity index (χ1v) is 6.71. The van der Waals surface area contributed by atoms with E-state index < -0.39 is 11.7 Å². The molecule has 0 spiro atoms. The predicted molar refractivity (Wildman–Crippen MR) is 72.3 cm³/mol. The Balaban J connectivity index is 1.96. The number of aryl methyl sites for hydroxylation is 1. The third-order valence-corrected chi connectivity index (χ3v) is 3.13. The molecule has 0 radical (unpaired) electrons. The topological polar surface area (TPSA) is 42.7 Å². The molecule has 0 aliphatic heterocycles. The second-order valence-electron chi connectivity index (χ2n) is 4.13. The van der Waals surface area contributed by atoms with E-state index in [0.29, 0.717) is 24.0 Å². The first-order chi connectivity index (χ1) is 9.47. The van der Waals surface area contributed by atoms with Gasteiger partial charge in [0.2, 0.25) is 0 Å². The molecular formula is C12H12BrF3N4. The van der Waals surface area contributed by atoms with Crippen molar-refractivity contribution in [2.24, 2.45) is 0 Å². The zero-order valence-electron chi connectivity index (χ0n) is 10.4. The van der Waals surface area contributed by atoms with Crippen LogP contribution in [0.15, 0.2) is 35.1 Å². The Morgan fingerprint density at radius 2 is 2.10 bits per heavy atom. The number of halogens is 4. The molecule has 1 N–H and O–H groups in total. The smallest absolute Gasteiger partial charge is 0.384 e. The molecule has 0 aliphatic rings. The maximum absolute atomic E-state index is 12.8. The summed E-state index contributed by atoms with van der Waals surface area (Å²) < 4.78 is 40.7. The van der Waals surface area contributed by atoms with Crippen molar-refractivity contribution in [3.63, 3.8) is 0 Å². The first-order valence-electron chi connectivity index (χ1n) is 5.91. The van der Waals surface area contributed by atoms with Gasteiger partial charge in [0, 0.05) is 29.4 Å². The van der Waals surface area contributed by atoms with Crippen molar-refractivity contribution in [3.8, 4) is 0 Å². The van der Waals surface area contributed by atoms with Gasteiger partial charge in [-0.1, -0.05) is 21.1 Å². The van der Waals surface area contributed by atoms with Gasteiger partial charge >= 0.3 is 6.18 Å². The third-order valence-electron chi connectivity index (χ3n) is 2.64. The molecule has 0 atom stereocenters. The molecule has 4 nitrogen and oxygen atoms in total. The van der Waals surface area contributed by atoms with Gasteiger partial charge < -0.3 is 5.32 Å². The van der Waals surface area contributed by atoms with Crippen LogP contribution in [0.5, 0.6) is 0 Å². The highest BCUT2D eigenvalue weighted by molar-refractivity contribution is 9.10. The predicted octanol–water partition coefficient (Wildman–Crippen LogP) is 3.56. The molecule has 0 aliphatic carbocycles. The highest BCUT2D eigenvalue weighted by Gasteiger charge is 2.33. The molecule has 0 saturated heterocycles. The Morgan fingerprint density at radius 3 is 2.75 bits per heavy atom. The summed E-state index contributed by atoms with van der Waals surface area (Å²) in [7, 11) is 0. The molecule has 8 heteroatoms. The Hall–Kier alpha value is -1.57. The molecule has 108 valence electrons. The lowest BCUT2D eigenvalue weighted by Gasteiger charge is -2.15. The van der Waals surface area contributed by atoms with Gasteiger partial charge in [0.25, 0.3) is 0 Å². The van der Waals surface area contributed by atoms with E-state index >= 15 is 0 Å². The number of alkyl halides is 3. The molecule has 0 saturated carbocycles. The lowest BCUT2D eigenvalue weighted by atomic mass is 10.1. The van der Waals surface area contributed by atoms with Crippen molar-refractivity contribution >= 4 is 21.6 Å². The average molecular weight is 349 g/mol. The van der Waals surface area contributed by atoms with Crippen LogP contribution < -0.4 is 5.32 Å². The van der Waals surface area contributed by atoms with Gasteiger partial charge in [0.15, 0.2) is 0 Å². The summed E-state index contributed by atoms with van der Waals surface area (Å²) in [6, 6.07) is 3.87. The zero-order valence-corrected chi connectivity index (χ0v) is 11.9. The molecule has 1 aromatic carbocycles. The van der Waals surface area contributed by atoms with E-state index in [0.717, 1.165) is 6.07 Å². The molecule has 2 aromatic rings. The van der Waals surface area contributed by atoms with Crippen LogP contribution in [0.25, 0.3) is 0 Å². The minimum Gasteiger partial charge on any atom is -0.384 e. The van der Waals surface area contributed by atoms with Crippen molar-refractivity contribution < 1.29 is 13.2 Å². The quantitative estimate of drug-likeness (QED) is 0.840. The van der Waals surface area contributed by atoms with E-state index in [2.05, 4.69) is 31.6 Å². The highest BCUT2D eigenvalue weighted by Crippen LogP contribution is 2.36. The van der Waals surface area contributed by atoms with Crippen LogP contribution >= 0.6 is 15.9 Å². The van der Waals surface area contributed by atoms with Crippen molar-refractivity contribution in [1.29, 1.82) is 0 Å². The summed E-state index contributed by atoms with van der Waals surface area (Å²) in [6.45, 7) is 1.02. The van der Waals surface area contributed by atoms with Crippen LogP contribution in [0.4, 0.5) is 18.9 Å².